The average Bonchev–Trinajstić information content (AvgIpc) is 2.71. The van der Waals surface area contributed by atoms with Crippen molar-refractivity contribution in [2.24, 2.45) is 5.10 Å². The van der Waals surface area contributed by atoms with Crippen LogP contribution in [0.3, 0.4) is 0 Å². The summed E-state index contributed by atoms with van der Waals surface area (Å²) in [5, 5.41) is 6.37. The van der Waals surface area contributed by atoms with Crippen LogP contribution >= 0.6 is 0 Å². The Morgan fingerprint density at radius 1 is 1.00 bits per heavy atom. The second-order valence-corrected chi connectivity index (χ2v) is 6.72. The summed E-state index contributed by atoms with van der Waals surface area (Å²) in [7, 11) is 1.65. The topological polar surface area (TPSA) is 59.9 Å². The van der Waals surface area contributed by atoms with E-state index in [4.69, 9.17) is 9.47 Å². The van der Waals surface area contributed by atoms with Crippen LogP contribution < -0.4 is 14.9 Å². The smallest absolute Gasteiger partial charge is 0.277 e. The Hall–Kier alpha value is -3.34. The maximum absolute atomic E-state index is 12.1. The number of aryl methyl sites for hydroxylation is 2. The van der Waals surface area contributed by atoms with Crippen LogP contribution in [0.2, 0.25) is 0 Å². The zero-order valence-electron chi connectivity index (χ0n) is 16.6. The number of carbonyl (C=O) groups is 1. The van der Waals surface area contributed by atoms with Crippen LogP contribution in [-0.4, -0.2) is 25.3 Å². The molecule has 0 spiro atoms. The van der Waals surface area contributed by atoms with E-state index >= 15 is 0 Å². The lowest BCUT2D eigenvalue weighted by atomic mass is 10.0. The van der Waals surface area contributed by atoms with E-state index < -0.39 is 0 Å². The van der Waals surface area contributed by atoms with E-state index in [1.54, 1.807) is 7.11 Å². The minimum atomic E-state index is -0.300. The molecule has 0 bridgehead atoms. The number of hydrogen-bond donors (Lipinski definition) is 1. The van der Waals surface area contributed by atoms with E-state index in [-0.39, 0.29) is 12.5 Å². The molecule has 0 aliphatic carbocycles. The largest absolute Gasteiger partial charge is 0.497 e. The molecule has 5 heteroatoms. The molecule has 5 nitrogen and oxygen atoms in total. The van der Waals surface area contributed by atoms with Gasteiger partial charge in [-0.05, 0) is 72.5 Å². The number of ether oxygens (including phenoxy) is 2. The third-order valence-corrected chi connectivity index (χ3v) is 4.52. The van der Waals surface area contributed by atoms with Crippen molar-refractivity contribution in [3.05, 3.63) is 71.3 Å². The van der Waals surface area contributed by atoms with Crippen LogP contribution in [0.15, 0.2) is 59.7 Å². The number of carbonyl (C=O) groups excluding carboxylic acids is 1. The summed E-state index contributed by atoms with van der Waals surface area (Å²) in [4.78, 5) is 12.1. The van der Waals surface area contributed by atoms with Gasteiger partial charge in [0, 0.05) is 0 Å². The summed E-state index contributed by atoms with van der Waals surface area (Å²) in [6.07, 6.45) is 0. The first-order valence-electron chi connectivity index (χ1n) is 9.07. The Morgan fingerprint density at radius 3 is 2.54 bits per heavy atom. The highest BCUT2D eigenvalue weighted by molar-refractivity contribution is 6.02. The first-order valence-corrected chi connectivity index (χ1v) is 9.07. The van der Waals surface area contributed by atoms with Crippen molar-refractivity contribution in [3.63, 3.8) is 0 Å². The summed E-state index contributed by atoms with van der Waals surface area (Å²) >= 11 is 0. The molecule has 0 fully saturated rings. The van der Waals surface area contributed by atoms with Crippen molar-refractivity contribution in [2.45, 2.75) is 20.8 Å². The maximum atomic E-state index is 12.1. The van der Waals surface area contributed by atoms with E-state index in [0.29, 0.717) is 5.75 Å². The Labute approximate surface area is 165 Å². The second kappa shape index (κ2) is 8.57. The summed E-state index contributed by atoms with van der Waals surface area (Å²) in [5.41, 5.74) is 6.29. The molecular formula is C23H24N2O3. The minimum Gasteiger partial charge on any atom is -0.497 e. The van der Waals surface area contributed by atoms with Gasteiger partial charge in [0.05, 0.1) is 12.8 Å². The van der Waals surface area contributed by atoms with Gasteiger partial charge in [0.2, 0.25) is 0 Å². The van der Waals surface area contributed by atoms with Crippen LogP contribution in [0.4, 0.5) is 0 Å². The van der Waals surface area contributed by atoms with E-state index in [9.17, 15) is 4.79 Å². The lowest BCUT2D eigenvalue weighted by molar-refractivity contribution is -0.123. The number of hydrogen-bond acceptors (Lipinski definition) is 4. The van der Waals surface area contributed by atoms with E-state index in [1.165, 1.54) is 0 Å². The first kappa shape index (κ1) is 19.4. The summed E-state index contributed by atoms with van der Waals surface area (Å²) in [5.74, 6) is 1.23. The molecular weight excluding hydrogens is 352 g/mol. The second-order valence-electron chi connectivity index (χ2n) is 6.72. The van der Waals surface area contributed by atoms with Crippen LogP contribution in [-0.2, 0) is 4.79 Å². The van der Waals surface area contributed by atoms with E-state index in [1.807, 2.05) is 75.4 Å². The summed E-state index contributed by atoms with van der Waals surface area (Å²) in [6, 6.07) is 17.8. The number of rotatable bonds is 6. The molecule has 0 aliphatic heterocycles. The molecule has 0 unspecified atom stereocenters. The molecule has 3 aromatic carbocycles. The molecule has 0 radical (unpaired) electrons. The monoisotopic (exact) mass is 376 g/mol. The predicted octanol–water partition coefficient (Wildman–Crippen LogP) is 4.38. The molecule has 28 heavy (non-hydrogen) atoms. The molecule has 144 valence electrons. The minimum absolute atomic E-state index is 0.0847. The average molecular weight is 376 g/mol. The van der Waals surface area contributed by atoms with Gasteiger partial charge in [0.1, 0.15) is 11.5 Å². The summed E-state index contributed by atoms with van der Waals surface area (Å²) in [6.45, 7) is 5.71. The number of methoxy groups -OCH3 is 1. The fourth-order valence-corrected chi connectivity index (χ4v) is 2.82. The summed E-state index contributed by atoms with van der Waals surface area (Å²) < 4.78 is 10.9. The van der Waals surface area contributed by atoms with Gasteiger partial charge in [0.25, 0.3) is 5.91 Å². The third kappa shape index (κ3) is 4.68. The molecule has 1 N–H and O–H groups in total. The zero-order valence-corrected chi connectivity index (χ0v) is 16.6. The highest BCUT2D eigenvalue weighted by Gasteiger charge is 2.06. The quantitative estimate of drug-likeness (QED) is 0.513. The fourth-order valence-electron chi connectivity index (χ4n) is 2.82. The molecule has 0 aromatic heterocycles. The first-order chi connectivity index (χ1) is 13.5. The maximum Gasteiger partial charge on any atom is 0.277 e. The number of fused-ring (bicyclic) bond motifs is 1. The molecule has 1 amide bonds. The van der Waals surface area contributed by atoms with Gasteiger partial charge in [-0.2, -0.15) is 5.10 Å². The van der Waals surface area contributed by atoms with Gasteiger partial charge in [-0.1, -0.05) is 30.3 Å². The lowest BCUT2D eigenvalue weighted by Crippen LogP contribution is -2.25. The van der Waals surface area contributed by atoms with Gasteiger partial charge >= 0.3 is 0 Å². The Kier molecular flexibility index (Phi) is 5.94. The molecule has 0 atom stereocenters. The fraction of sp³-hybridized carbons (Fsp3) is 0.217. The third-order valence-electron chi connectivity index (χ3n) is 4.52. The SMILES string of the molecule is COc1ccc2cc(/C(C)=N\NC(=O)COc3cc(C)ccc3C)ccc2c1. The van der Waals surface area contributed by atoms with Crippen LogP contribution in [0.1, 0.15) is 23.6 Å². The number of nitrogens with zero attached hydrogens (tertiary/aromatic N) is 1. The number of hydrazone groups is 1. The van der Waals surface area contributed by atoms with Crippen molar-refractivity contribution in [2.75, 3.05) is 13.7 Å². The van der Waals surface area contributed by atoms with Gasteiger partial charge in [-0.25, -0.2) is 5.43 Å². The normalized spacial score (nSPS) is 11.4. The molecule has 0 heterocycles. The van der Waals surface area contributed by atoms with Gasteiger partial charge in [-0.3, -0.25) is 4.79 Å². The van der Waals surface area contributed by atoms with Crippen LogP contribution in [0.5, 0.6) is 11.5 Å². The lowest BCUT2D eigenvalue weighted by Gasteiger charge is -2.09. The highest BCUT2D eigenvalue weighted by Crippen LogP contribution is 2.22. The van der Waals surface area contributed by atoms with E-state index in [2.05, 4.69) is 10.5 Å². The van der Waals surface area contributed by atoms with Crippen molar-refractivity contribution >= 4 is 22.4 Å². The Bertz CT molecular complexity index is 1040. The predicted molar refractivity (Wildman–Crippen MR) is 112 cm³/mol. The zero-order chi connectivity index (χ0) is 20.1. The molecule has 0 saturated carbocycles. The van der Waals surface area contributed by atoms with Gasteiger partial charge in [-0.15, -0.1) is 0 Å². The number of amides is 1. The standard InChI is InChI=1S/C23H24N2O3/c1-15-5-6-16(2)22(11-15)28-14-23(26)25-24-17(3)18-7-8-20-13-21(27-4)10-9-19(20)12-18/h5-13H,14H2,1-4H3,(H,25,26)/b24-17-. The van der Waals surface area contributed by atoms with Crippen LogP contribution in [0, 0.1) is 13.8 Å². The number of nitrogens with one attached hydrogen (secondary N) is 1. The Balaban J connectivity index is 1.64. The molecule has 3 aromatic rings. The van der Waals surface area contributed by atoms with E-state index in [0.717, 1.165) is 38.9 Å². The number of benzene rings is 3. The van der Waals surface area contributed by atoms with Crippen molar-refractivity contribution in [3.8, 4) is 11.5 Å². The van der Waals surface area contributed by atoms with Gasteiger partial charge < -0.3 is 9.47 Å². The Morgan fingerprint density at radius 2 is 1.75 bits per heavy atom. The molecule has 3 rings (SSSR count). The molecule has 0 saturated heterocycles. The van der Waals surface area contributed by atoms with Crippen molar-refractivity contribution in [1.29, 1.82) is 0 Å². The van der Waals surface area contributed by atoms with Crippen molar-refractivity contribution < 1.29 is 14.3 Å². The highest BCUT2D eigenvalue weighted by atomic mass is 16.5. The van der Waals surface area contributed by atoms with Crippen molar-refractivity contribution in [1.82, 2.24) is 5.43 Å². The molecule has 0 aliphatic rings. The van der Waals surface area contributed by atoms with Gasteiger partial charge in [0.15, 0.2) is 6.61 Å². The van der Waals surface area contributed by atoms with Crippen LogP contribution in [0.25, 0.3) is 10.8 Å².